The van der Waals surface area contributed by atoms with Crippen molar-refractivity contribution >= 4 is 5.69 Å². The third kappa shape index (κ3) is 3.23. The lowest BCUT2D eigenvalue weighted by atomic mass is 9.95. The first-order chi connectivity index (χ1) is 7.34. The van der Waals surface area contributed by atoms with E-state index in [9.17, 15) is 0 Å². The molecule has 0 amide bonds. The van der Waals surface area contributed by atoms with E-state index in [0.717, 1.165) is 18.2 Å². The summed E-state index contributed by atoms with van der Waals surface area (Å²) in [4.78, 5) is 0. The van der Waals surface area contributed by atoms with E-state index in [2.05, 4.69) is 15.7 Å². The summed E-state index contributed by atoms with van der Waals surface area (Å²) in [6, 6.07) is 0. The third-order valence-electron chi connectivity index (χ3n) is 3.05. The van der Waals surface area contributed by atoms with Crippen LogP contribution in [0.2, 0.25) is 0 Å². The Kier molecular flexibility index (Phi) is 3.61. The van der Waals surface area contributed by atoms with Crippen LogP contribution in [0, 0.1) is 5.92 Å². The van der Waals surface area contributed by atoms with Crippen LogP contribution in [0.15, 0.2) is 12.4 Å². The predicted molar refractivity (Wildman–Crippen MR) is 61.9 cm³/mol. The van der Waals surface area contributed by atoms with Gasteiger partial charge in [-0.3, -0.25) is 4.68 Å². The Morgan fingerprint density at radius 1 is 1.53 bits per heavy atom. The van der Waals surface area contributed by atoms with Crippen LogP contribution in [0.25, 0.3) is 0 Å². The Balaban J connectivity index is 1.65. The average molecular weight is 208 g/mol. The number of aryl methyl sites for hydroxylation is 1. The van der Waals surface area contributed by atoms with Crippen LogP contribution in [0.3, 0.4) is 0 Å². The number of nitrogens with one attached hydrogen (secondary N) is 2. The molecular weight excluding hydrogens is 188 g/mol. The summed E-state index contributed by atoms with van der Waals surface area (Å²) in [6.45, 7) is 3.45. The molecule has 1 saturated heterocycles. The van der Waals surface area contributed by atoms with Crippen LogP contribution in [0.1, 0.15) is 19.3 Å². The molecular formula is C11H20N4. The van der Waals surface area contributed by atoms with Crippen molar-refractivity contribution in [2.24, 2.45) is 13.0 Å². The third-order valence-corrected chi connectivity index (χ3v) is 3.05. The molecule has 2 N–H and O–H groups in total. The Morgan fingerprint density at radius 3 is 3.00 bits per heavy atom. The normalized spacial score (nSPS) is 17.9. The standard InChI is InChI=1S/C11H20N4/c1-15-9-11(8-14-15)13-7-4-10-2-5-12-6-3-10/h8-10,12-13H,2-7H2,1H3. The number of piperidine rings is 1. The predicted octanol–water partition coefficient (Wildman–Crippen LogP) is 1.22. The number of anilines is 1. The summed E-state index contributed by atoms with van der Waals surface area (Å²) in [5, 5.41) is 10.9. The van der Waals surface area contributed by atoms with Gasteiger partial charge in [0.1, 0.15) is 0 Å². The van der Waals surface area contributed by atoms with Gasteiger partial charge in [0.2, 0.25) is 0 Å². The summed E-state index contributed by atoms with van der Waals surface area (Å²) in [5.41, 5.74) is 1.13. The smallest absolute Gasteiger partial charge is 0.0726 e. The zero-order chi connectivity index (χ0) is 10.5. The van der Waals surface area contributed by atoms with Gasteiger partial charge in [0, 0.05) is 19.8 Å². The molecule has 2 heterocycles. The van der Waals surface area contributed by atoms with E-state index < -0.39 is 0 Å². The van der Waals surface area contributed by atoms with Crippen LogP contribution in [-0.4, -0.2) is 29.4 Å². The van der Waals surface area contributed by atoms with Gasteiger partial charge in [0.25, 0.3) is 0 Å². The molecule has 1 aromatic rings. The lowest BCUT2D eigenvalue weighted by Crippen LogP contribution is -2.28. The first-order valence-electron chi connectivity index (χ1n) is 5.78. The highest BCUT2D eigenvalue weighted by Gasteiger charge is 2.11. The zero-order valence-corrected chi connectivity index (χ0v) is 9.37. The first-order valence-corrected chi connectivity index (χ1v) is 5.78. The molecule has 2 rings (SSSR count). The minimum Gasteiger partial charge on any atom is -0.383 e. The highest BCUT2D eigenvalue weighted by atomic mass is 15.3. The molecule has 1 aliphatic rings. The summed E-state index contributed by atoms with van der Waals surface area (Å²) >= 11 is 0. The second-order valence-electron chi connectivity index (χ2n) is 4.31. The highest BCUT2D eigenvalue weighted by Crippen LogP contribution is 2.15. The van der Waals surface area contributed by atoms with E-state index in [-0.39, 0.29) is 0 Å². The van der Waals surface area contributed by atoms with Gasteiger partial charge in [-0.2, -0.15) is 5.10 Å². The van der Waals surface area contributed by atoms with Crippen molar-refractivity contribution < 1.29 is 0 Å². The summed E-state index contributed by atoms with van der Waals surface area (Å²) < 4.78 is 1.83. The van der Waals surface area contributed by atoms with E-state index >= 15 is 0 Å². The largest absolute Gasteiger partial charge is 0.383 e. The van der Waals surface area contributed by atoms with Crippen LogP contribution >= 0.6 is 0 Å². The van der Waals surface area contributed by atoms with Gasteiger partial charge in [-0.15, -0.1) is 0 Å². The molecule has 1 aliphatic heterocycles. The molecule has 84 valence electrons. The fourth-order valence-corrected chi connectivity index (χ4v) is 2.10. The van der Waals surface area contributed by atoms with Gasteiger partial charge in [0.05, 0.1) is 11.9 Å². The summed E-state index contributed by atoms with van der Waals surface area (Å²) in [6.07, 6.45) is 7.82. The molecule has 0 radical (unpaired) electrons. The second kappa shape index (κ2) is 5.16. The van der Waals surface area contributed by atoms with Crippen LogP contribution in [-0.2, 0) is 7.05 Å². The number of hydrogen-bond acceptors (Lipinski definition) is 3. The molecule has 1 aromatic heterocycles. The molecule has 0 atom stereocenters. The molecule has 0 unspecified atom stereocenters. The van der Waals surface area contributed by atoms with E-state index in [1.165, 1.54) is 32.4 Å². The highest BCUT2D eigenvalue weighted by molar-refractivity contribution is 5.37. The molecule has 0 aromatic carbocycles. The van der Waals surface area contributed by atoms with Crippen LogP contribution in [0.5, 0.6) is 0 Å². The minimum atomic E-state index is 0.899. The Hall–Kier alpha value is -1.03. The Labute approximate surface area is 91.1 Å². The van der Waals surface area contributed by atoms with Crippen LogP contribution in [0.4, 0.5) is 5.69 Å². The summed E-state index contributed by atoms with van der Waals surface area (Å²) in [7, 11) is 1.94. The van der Waals surface area contributed by atoms with E-state index in [0.29, 0.717) is 0 Å². The Bertz CT molecular complexity index is 289. The second-order valence-corrected chi connectivity index (χ2v) is 4.31. The number of rotatable bonds is 4. The molecule has 0 spiro atoms. The fourth-order valence-electron chi connectivity index (χ4n) is 2.10. The zero-order valence-electron chi connectivity index (χ0n) is 9.37. The molecule has 15 heavy (non-hydrogen) atoms. The lowest BCUT2D eigenvalue weighted by molar-refractivity contribution is 0.361. The van der Waals surface area contributed by atoms with Gasteiger partial charge in [-0.1, -0.05) is 0 Å². The molecule has 0 bridgehead atoms. The van der Waals surface area contributed by atoms with Gasteiger partial charge in [-0.05, 0) is 38.3 Å². The monoisotopic (exact) mass is 208 g/mol. The SMILES string of the molecule is Cn1cc(NCCC2CCNCC2)cn1. The van der Waals surface area contributed by atoms with Crippen molar-refractivity contribution in [1.29, 1.82) is 0 Å². The van der Waals surface area contributed by atoms with Crippen molar-refractivity contribution in [3.05, 3.63) is 12.4 Å². The topological polar surface area (TPSA) is 41.9 Å². The molecule has 4 nitrogen and oxygen atoms in total. The lowest BCUT2D eigenvalue weighted by Gasteiger charge is -2.22. The number of aromatic nitrogens is 2. The molecule has 0 aliphatic carbocycles. The fraction of sp³-hybridized carbons (Fsp3) is 0.727. The van der Waals surface area contributed by atoms with Gasteiger partial charge < -0.3 is 10.6 Å². The van der Waals surface area contributed by atoms with Crippen molar-refractivity contribution in [2.45, 2.75) is 19.3 Å². The molecule has 0 saturated carbocycles. The van der Waals surface area contributed by atoms with E-state index in [1.807, 2.05) is 24.1 Å². The Morgan fingerprint density at radius 2 is 2.33 bits per heavy atom. The number of hydrogen-bond donors (Lipinski definition) is 2. The maximum Gasteiger partial charge on any atom is 0.0726 e. The van der Waals surface area contributed by atoms with Crippen molar-refractivity contribution in [3.8, 4) is 0 Å². The van der Waals surface area contributed by atoms with Gasteiger partial charge in [-0.25, -0.2) is 0 Å². The van der Waals surface area contributed by atoms with Crippen molar-refractivity contribution in [2.75, 3.05) is 25.0 Å². The van der Waals surface area contributed by atoms with E-state index in [1.54, 1.807) is 0 Å². The van der Waals surface area contributed by atoms with Gasteiger partial charge >= 0.3 is 0 Å². The van der Waals surface area contributed by atoms with Crippen LogP contribution < -0.4 is 10.6 Å². The van der Waals surface area contributed by atoms with E-state index in [4.69, 9.17) is 0 Å². The van der Waals surface area contributed by atoms with Gasteiger partial charge in [0.15, 0.2) is 0 Å². The van der Waals surface area contributed by atoms with Crippen molar-refractivity contribution in [3.63, 3.8) is 0 Å². The minimum absolute atomic E-state index is 0.899. The number of nitrogens with zero attached hydrogens (tertiary/aromatic N) is 2. The molecule has 1 fully saturated rings. The average Bonchev–Trinajstić information content (AvgIpc) is 2.66. The summed E-state index contributed by atoms with van der Waals surface area (Å²) in [5.74, 6) is 0.899. The maximum atomic E-state index is 4.13. The van der Waals surface area contributed by atoms with Crippen molar-refractivity contribution in [1.82, 2.24) is 15.1 Å². The molecule has 4 heteroatoms. The maximum absolute atomic E-state index is 4.13. The first kappa shape index (κ1) is 10.5. The quantitative estimate of drug-likeness (QED) is 0.782.